The molecule has 1 aliphatic rings. The molecule has 1 saturated heterocycles. The lowest BCUT2D eigenvalue weighted by Crippen LogP contribution is -2.48. The Balaban J connectivity index is 1.80. The zero-order valence-corrected chi connectivity index (χ0v) is 11.0. The summed E-state index contributed by atoms with van der Waals surface area (Å²) in [6, 6.07) is 7.98. The van der Waals surface area contributed by atoms with E-state index in [9.17, 15) is 0 Å². The molecule has 1 aromatic rings. The van der Waals surface area contributed by atoms with Crippen LogP contribution in [0.5, 0.6) is 11.5 Å². The van der Waals surface area contributed by atoms with Crippen LogP contribution < -0.4 is 14.8 Å². The number of morpholine rings is 1. The molecule has 1 heterocycles. The van der Waals surface area contributed by atoms with E-state index in [1.54, 1.807) is 0 Å². The van der Waals surface area contributed by atoms with E-state index < -0.39 is 0 Å². The van der Waals surface area contributed by atoms with E-state index in [0.717, 1.165) is 18.0 Å². The molecule has 4 heteroatoms. The number of benzene rings is 1. The number of hydrogen-bond donors (Lipinski definition) is 1. The Labute approximate surface area is 108 Å². The fourth-order valence-electron chi connectivity index (χ4n) is 1.86. The SMILES string of the molecule is CCOc1cccc(OCC2COC(C)CN2)c1. The predicted molar refractivity (Wildman–Crippen MR) is 70.3 cm³/mol. The molecule has 0 spiro atoms. The Morgan fingerprint density at radius 3 is 2.78 bits per heavy atom. The minimum absolute atomic E-state index is 0.261. The van der Waals surface area contributed by atoms with Gasteiger partial charge in [0.1, 0.15) is 18.1 Å². The summed E-state index contributed by atoms with van der Waals surface area (Å²) in [6.45, 7) is 6.90. The average Bonchev–Trinajstić information content (AvgIpc) is 2.39. The first-order chi connectivity index (χ1) is 8.78. The van der Waals surface area contributed by atoms with Crippen molar-refractivity contribution in [3.63, 3.8) is 0 Å². The summed E-state index contributed by atoms with van der Waals surface area (Å²) in [5, 5.41) is 3.40. The summed E-state index contributed by atoms with van der Waals surface area (Å²) in [4.78, 5) is 0. The second-order valence-corrected chi connectivity index (χ2v) is 4.47. The van der Waals surface area contributed by atoms with Crippen LogP contribution in [0.2, 0.25) is 0 Å². The maximum absolute atomic E-state index is 5.75. The van der Waals surface area contributed by atoms with Gasteiger partial charge < -0.3 is 19.5 Å². The van der Waals surface area contributed by atoms with Gasteiger partial charge in [0.25, 0.3) is 0 Å². The van der Waals surface area contributed by atoms with Crippen LogP contribution in [-0.4, -0.2) is 38.5 Å². The molecule has 1 fully saturated rings. The number of hydrogen-bond acceptors (Lipinski definition) is 4. The van der Waals surface area contributed by atoms with Crippen LogP contribution in [0.3, 0.4) is 0 Å². The summed E-state index contributed by atoms with van der Waals surface area (Å²) in [5.74, 6) is 1.68. The van der Waals surface area contributed by atoms with Crippen LogP contribution in [0.25, 0.3) is 0 Å². The molecule has 1 N–H and O–H groups in total. The van der Waals surface area contributed by atoms with Gasteiger partial charge >= 0.3 is 0 Å². The van der Waals surface area contributed by atoms with Gasteiger partial charge in [-0.15, -0.1) is 0 Å². The molecular weight excluding hydrogens is 230 g/mol. The molecular formula is C14H21NO3. The lowest BCUT2D eigenvalue weighted by molar-refractivity contribution is 0.00455. The molecule has 100 valence electrons. The zero-order chi connectivity index (χ0) is 12.8. The van der Waals surface area contributed by atoms with Crippen molar-refractivity contribution in [1.82, 2.24) is 5.32 Å². The Kier molecular flexibility index (Phi) is 4.84. The Bertz CT molecular complexity index is 362. The van der Waals surface area contributed by atoms with E-state index in [1.165, 1.54) is 0 Å². The molecule has 1 aromatic carbocycles. The van der Waals surface area contributed by atoms with Crippen LogP contribution in [0, 0.1) is 0 Å². The molecule has 0 aliphatic carbocycles. The van der Waals surface area contributed by atoms with E-state index in [-0.39, 0.29) is 6.04 Å². The number of ether oxygens (including phenoxy) is 3. The van der Waals surface area contributed by atoms with Crippen LogP contribution in [0.15, 0.2) is 24.3 Å². The van der Waals surface area contributed by atoms with Crippen LogP contribution >= 0.6 is 0 Å². The Morgan fingerprint density at radius 1 is 1.33 bits per heavy atom. The highest BCUT2D eigenvalue weighted by molar-refractivity contribution is 5.32. The van der Waals surface area contributed by atoms with Gasteiger partial charge in [-0.3, -0.25) is 0 Å². The van der Waals surface area contributed by atoms with E-state index in [2.05, 4.69) is 12.2 Å². The Morgan fingerprint density at radius 2 is 2.11 bits per heavy atom. The van der Waals surface area contributed by atoms with Crippen molar-refractivity contribution in [2.45, 2.75) is 26.0 Å². The quantitative estimate of drug-likeness (QED) is 0.867. The molecule has 0 saturated carbocycles. The van der Waals surface area contributed by atoms with E-state index >= 15 is 0 Å². The third-order valence-electron chi connectivity index (χ3n) is 2.84. The van der Waals surface area contributed by atoms with Crippen molar-refractivity contribution in [2.75, 3.05) is 26.4 Å². The molecule has 1 aliphatic heterocycles. The standard InChI is InChI=1S/C14H21NO3/c1-3-16-13-5-4-6-14(7-13)18-10-12-9-17-11(2)8-15-12/h4-7,11-12,15H,3,8-10H2,1-2H3. The minimum atomic E-state index is 0.261. The smallest absolute Gasteiger partial charge is 0.123 e. The molecule has 0 radical (unpaired) electrons. The van der Waals surface area contributed by atoms with Crippen LogP contribution in [-0.2, 0) is 4.74 Å². The van der Waals surface area contributed by atoms with Gasteiger partial charge in [-0.1, -0.05) is 6.07 Å². The van der Waals surface area contributed by atoms with Crippen molar-refractivity contribution < 1.29 is 14.2 Å². The first-order valence-electron chi connectivity index (χ1n) is 6.48. The highest BCUT2D eigenvalue weighted by Crippen LogP contribution is 2.19. The fraction of sp³-hybridized carbons (Fsp3) is 0.571. The topological polar surface area (TPSA) is 39.7 Å². The predicted octanol–water partition coefficient (Wildman–Crippen LogP) is 1.84. The molecule has 2 rings (SSSR count). The van der Waals surface area contributed by atoms with Crippen molar-refractivity contribution in [2.24, 2.45) is 0 Å². The van der Waals surface area contributed by atoms with Crippen molar-refractivity contribution in [1.29, 1.82) is 0 Å². The van der Waals surface area contributed by atoms with Crippen molar-refractivity contribution >= 4 is 0 Å². The maximum Gasteiger partial charge on any atom is 0.123 e. The maximum atomic E-state index is 5.75. The average molecular weight is 251 g/mol. The second-order valence-electron chi connectivity index (χ2n) is 4.47. The van der Waals surface area contributed by atoms with E-state index in [4.69, 9.17) is 14.2 Å². The number of nitrogens with one attached hydrogen (secondary N) is 1. The second kappa shape index (κ2) is 6.61. The van der Waals surface area contributed by atoms with Crippen LogP contribution in [0.1, 0.15) is 13.8 Å². The van der Waals surface area contributed by atoms with Gasteiger partial charge in [-0.2, -0.15) is 0 Å². The largest absolute Gasteiger partial charge is 0.494 e. The third kappa shape index (κ3) is 3.89. The molecule has 18 heavy (non-hydrogen) atoms. The highest BCUT2D eigenvalue weighted by atomic mass is 16.5. The van der Waals surface area contributed by atoms with Gasteiger partial charge in [0, 0.05) is 12.6 Å². The fourth-order valence-corrected chi connectivity index (χ4v) is 1.86. The molecule has 4 nitrogen and oxygen atoms in total. The minimum Gasteiger partial charge on any atom is -0.494 e. The van der Waals surface area contributed by atoms with Gasteiger partial charge in [0.2, 0.25) is 0 Å². The number of rotatable bonds is 5. The van der Waals surface area contributed by atoms with Gasteiger partial charge in [0.05, 0.1) is 25.4 Å². The summed E-state index contributed by atoms with van der Waals surface area (Å²) < 4.78 is 16.8. The molecule has 0 aromatic heterocycles. The van der Waals surface area contributed by atoms with Gasteiger partial charge in [0.15, 0.2) is 0 Å². The molecule has 0 bridgehead atoms. The van der Waals surface area contributed by atoms with Crippen molar-refractivity contribution in [3.05, 3.63) is 24.3 Å². The van der Waals surface area contributed by atoms with E-state index in [0.29, 0.717) is 25.9 Å². The summed E-state index contributed by atoms with van der Waals surface area (Å²) in [6.07, 6.45) is 0.294. The van der Waals surface area contributed by atoms with Gasteiger partial charge in [-0.05, 0) is 26.0 Å². The normalized spacial score (nSPS) is 23.7. The van der Waals surface area contributed by atoms with E-state index in [1.807, 2.05) is 31.2 Å². The monoisotopic (exact) mass is 251 g/mol. The summed E-state index contributed by atoms with van der Waals surface area (Å²) >= 11 is 0. The molecule has 0 amide bonds. The van der Waals surface area contributed by atoms with Gasteiger partial charge in [-0.25, -0.2) is 0 Å². The zero-order valence-electron chi connectivity index (χ0n) is 11.0. The third-order valence-corrected chi connectivity index (χ3v) is 2.84. The molecule has 2 atom stereocenters. The Hall–Kier alpha value is -1.26. The highest BCUT2D eigenvalue weighted by Gasteiger charge is 2.18. The first kappa shape index (κ1) is 13.2. The summed E-state index contributed by atoms with van der Waals surface area (Å²) in [5.41, 5.74) is 0. The van der Waals surface area contributed by atoms with Crippen molar-refractivity contribution in [3.8, 4) is 11.5 Å². The van der Waals surface area contributed by atoms with Crippen LogP contribution in [0.4, 0.5) is 0 Å². The molecule has 2 unspecified atom stereocenters. The lowest BCUT2D eigenvalue weighted by Gasteiger charge is -2.28. The first-order valence-corrected chi connectivity index (χ1v) is 6.48. The summed E-state index contributed by atoms with van der Waals surface area (Å²) in [7, 11) is 0. The lowest BCUT2D eigenvalue weighted by atomic mass is 10.2.